The van der Waals surface area contributed by atoms with Gasteiger partial charge in [0.1, 0.15) is 5.25 Å². The Kier molecular flexibility index (Phi) is 3.36. The second kappa shape index (κ2) is 4.32. The molecule has 0 aromatic carbocycles. The van der Waals surface area contributed by atoms with Crippen molar-refractivity contribution in [1.29, 1.82) is 0 Å². The van der Waals surface area contributed by atoms with Crippen molar-refractivity contribution in [3.8, 4) is 0 Å². The van der Waals surface area contributed by atoms with Gasteiger partial charge in [0, 0.05) is 5.75 Å². The Morgan fingerprint density at radius 1 is 1.62 bits per heavy atom. The maximum absolute atomic E-state index is 11.1. The molecule has 0 radical (unpaired) electrons. The molecule has 1 N–H and O–H groups in total. The van der Waals surface area contributed by atoms with Crippen LogP contribution in [0.25, 0.3) is 0 Å². The van der Waals surface area contributed by atoms with E-state index in [1.165, 1.54) is 18.9 Å². The number of rotatable bonds is 2. The van der Waals surface area contributed by atoms with E-state index < -0.39 is 23.1 Å². The van der Waals surface area contributed by atoms with Crippen LogP contribution in [-0.4, -0.2) is 35.2 Å². The lowest BCUT2D eigenvalue weighted by atomic mass is 10.0. The number of carboxylic acids is 1. The average Bonchev–Trinajstić information content (AvgIpc) is 2.16. The fourth-order valence-electron chi connectivity index (χ4n) is 1.11. The van der Waals surface area contributed by atoms with E-state index in [1.807, 2.05) is 0 Å². The zero-order chi connectivity index (χ0) is 9.84. The molecule has 0 unspecified atom stereocenters. The van der Waals surface area contributed by atoms with Crippen LogP contribution in [-0.2, 0) is 14.3 Å². The minimum atomic E-state index is -0.987. The maximum Gasteiger partial charge on any atom is 0.320 e. The highest BCUT2D eigenvalue weighted by molar-refractivity contribution is 8.00. The third-order valence-electron chi connectivity index (χ3n) is 1.76. The van der Waals surface area contributed by atoms with Crippen molar-refractivity contribution in [3.63, 3.8) is 0 Å². The number of aliphatic carboxylic acids is 1. The Balaban J connectivity index is 2.77. The van der Waals surface area contributed by atoms with Crippen molar-refractivity contribution in [1.82, 2.24) is 0 Å². The summed E-state index contributed by atoms with van der Waals surface area (Å²) in [6.07, 6.45) is 3.29. The third kappa shape index (κ3) is 2.24. The standard InChI is InChI=1S/C8H10O4S/c1-12-8(11)6-5(7(9)10)3-2-4-13-6/h2-3,5-6H,4H2,1H3,(H,9,10)/t5-,6+/m0/s1. The molecule has 0 fully saturated rings. The zero-order valence-electron chi connectivity index (χ0n) is 7.10. The monoisotopic (exact) mass is 202 g/mol. The first-order valence-electron chi connectivity index (χ1n) is 3.75. The van der Waals surface area contributed by atoms with Crippen LogP contribution >= 0.6 is 11.8 Å². The second-order valence-electron chi connectivity index (χ2n) is 2.57. The number of carbonyl (C=O) groups excluding carboxylic acids is 1. The first-order chi connectivity index (χ1) is 6.16. The van der Waals surface area contributed by atoms with Gasteiger partial charge in [-0.2, -0.15) is 0 Å². The lowest BCUT2D eigenvalue weighted by Gasteiger charge is -2.21. The lowest BCUT2D eigenvalue weighted by molar-refractivity contribution is -0.147. The van der Waals surface area contributed by atoms with Crippen LogP contribution in [0.15, 0.2) is 12.2 Å². The van der Waals surface area contributed by atoms with E-state index in [0.717, 1.165) is 0 Å². The van der Waals surface area contributed by atoms with Gasteiger partial charge in [0.05, 0.1) is 13.0 Å². The second-order valence-corrected chi connectivity index (χ2v) is 3.74. The van der Waals surface area contributed by atoms with Gasteiger partial charge in [-0.15, -0.1) is 11.8 Å². The molecule has 1 aliphatic heterocycles. The minimum Gasteiger partial charge on any atom is -0.481 e. The first-order valence-corrected chi connectivity index (χ1v) is 4.80. The molecule has 0 aromatic rings. The van der Waals surface area contributed by atoms with Gasteiger partial charge in [0.15, 0.2) is 0 Å². The van der Waals surface area contributed by atoms with Crippen LogP contribution in [0.1, 0.15) is 0 Å². The first kappa shape index (κ1) is 10.1. The summed E-state index contributed by atoms with van der Waals surface area (Å²) in [6.45, 7) is 0. The topological polar surface area (TPSA) is 63.6 Å². The Hall–Kier alpha value is -0.970. The van der Waals surface area contributed by atoms with E-state index in [1.54, 1.807) is 12.2 Å². The molecular formula is C8H10O4S. The number of ether oxygens (including phenoxy) is 1. The molecule has 2 atom stereocenters. The molecule has 0 amide bonds. The summed E-state index contributed by atoms with van der Waals surface area (Å²) in [6, 6.07) is 0. The number of hydrogen-bond donors (Lipinski definition) is 1. The smallest absolute Gasteiger partial charge is 0.320 e. The van der Waals surface area contributed by atoms with Gasteiger partial charge >= 0.3 is 11.9 Å². The summed E-state index contributed by atoms with van der Waals surface area (Å²) >= 11 is 1.29. The van der Waals surface area contributed by atoms with Crippen molar-refractivity contribution in [2.24, 2.45) is 5.92 Å². The number of carboxylic acid groups (broad SMARTS) is 1. The largest absolute Gasteiger partial charge is 0.481 e. The third-order valence-corrected chi connectivity index (χ3v) is 2.99. The molecular weight excluding hydrogens is 192 g/mol. The molecule has 1 aliphatic rings. The van der Waals surface area contributed by atoms with Crippen LogP contribution in [0.4, 0.5) is 0 Å². The number of esters is 1. The lowest BCUT2D eigenvalue weighted by Crippen LogP contribution is -2.34. The van der Waals surface area contributed by atoms with Crippen LogP contribution in [0, 0.1) is 5.92 Å². The quantitative estimate of drug-likeness (QED) is 0.522. The molecule has 0 spiro atoms. The van der Waals surface area contributed by atoms with Crippen LogP contribution in [0.3, 0.4) is 0 Å². The van der Waals surface area contributed by atoms with Crippen LogP contribution in [0.5, 0.6) is 0 Å². The molecule has 5 heteroatoms. The number of methoxy groups -OCH3 is 1. The van der Waals surface area contributed by atoms with Crippen molar-refractivity contribution in [2.45, 2.75) is 5.25 Å². The fraction of sp³-hybridized carbons (Fsp3) is 0.500. The summed E-state index contributed by atoms with van der Waals surface area (Å²) in [5.41, 5.74) is 0. The predicted molar refractivity (Wildman–Crippen MR) is 48.5 cm³/mol. The van der Waals surface area contributed by atoms with E-state index >= 15 is 0 Å². The summed E-state index contributed by atoms with van der Waals surface area (Å²) < 4.78 is 4.51. The van der Waals surface area contributed by atoms with Crippen LogP contribution < -0.4 is 0 Å². The normalized spacial score (nSPS) is 26.8. The molecule has 1 rings (SSSR count). The van der Waals surface area contributed by atoms with Gasteiger partial charge < -0.3 is 9.84 Å². The molecule has 0 aromatic heterocycles. The van der Waals surface area contributed by atoms with Crippen molar-refractivity contribution < 1.29 is 19.4 Å². The SMILES string of the molecule is COC(=O)[C@@H]1SCC=C[C@@H]1C(=O)O. The highest BCUT2D eigenvalue weighted by atomic mass is 32.2. The average molecular weight is 202 g/mol. The molecule has 0 saturated carbocycles. The Morgan fingerprint density at radius 2 is 2.31 bits per heavy atom. The van der Waals surface area contributed by atoms with Crippen LogP contribution in [0.2, 0.25) is 0 Å². The number of thioether (sulfide) groups is 1. The van der Waals surface area contributed by atoms with Gasteiger partial charge in [-0.3, -0.25) is 9.59 Å². The van der Waals surface area contributed by atoms with E-state index in [-0.39, 0.29) is 0 Å². The highest BCUT2D eigenvalue weighted by Crippen LogP contribution is 2.27. The predicted octanol–water partition coefficient (Wildman–Crippen LogP) is 0.532. The summed E-state index contributed by atoms with van der Waals surface area (Å²) in [4.78, 5) is 21.9. The van der Waals surface area contributed by atoms with Crippen molar-refractivity contribution in [2.75, 3.05) is 12.9 Å². The molecule has 0 saturated heterocycles. The summed E-state index contributed by atoms with van der Waals surface area (Å²) in [7, 11) is 1.26. The molecule has 4 nitrogen and oxygen atoms in total. The molecule has 13 heavy (non-hydrogen) atoms. The zero-order valence-corrected chi connectivity index (χ0v) is 7.91. The van der Waals surface area contributed by atoms with Gasteiger partial charge in [-0.05, 0) is 0 Å². The summed E-state index contributed by atoms with van der Waals surface area (Å²) in [5.74, 6) is -1.56. The van der Waals surface area contributed by atoms with E-state index in [2.05, 4.69) is 4.74 Å². The fourth-order valence-corrected chi connectivity index (χ4v) is 2.18. The Labute approximate surface area is 80.0 Å². The molecule has 0 aliphatic carbocycles. The van der Waals surface area contributed by atoms with E-state index in [9.17, 15) is 9.59 Å². The Morgan fingerprint density at radius 3 is 2.85 bits per heavy atom. The van der Waals surface area contributed by atoms with E-state index in [4.69, 9.17) is 5.11 Å². The van der Waals surface area contributed by atoms with Gasteiger partial charge in [0.2, 0.25) is 0 Å². The van der Waals surface area contributed by atoms with Gasteiger partial charge in [0.25, 0.3) is 0 Å². The van der Waals surface area contributed by atoms with E-state index in [0.29, 0.717) is 5.75 Å². The Bertz CT molecular complexity index is 249. The molecule has 72 valence electrons. The minimum absolute atomic E-state index is 0.471. The van der Waals surface area contributed by atoms with Gasteiger partial charge in [-0.1, -0.05) is 12.2 Å². The number of carbonyl (C=O) groups is 2. The van der Waals surface area contributed by atoms with Crippen molar-refractivity contribution in [3.05, 3.63) is 12.2 Å². The maximum atomic E-state index is 11.1. The number of hydrogen-bond acceptors (Lipinski definition) is 4. The van der Waals surface area contributed by atoms with Gasteiger partial charge in [-0.25, -0.2) is 0 Å². The molecule has 0 bridgehead atoms. The summed E-state index contributed by atoms with van der Waals surface area (Å²) in [5, 5.41) is 8.18. The highest BCUT2D eigenvalue weighted by Gasteiger charge is 2.34. The van der Waals surface area contributed by atoms with Crippen molar-refractivity contribution >= 4 is 23.7 Å². The molecule has 1 heterocycles.